The Labute approximate surface area is 187 Å². The number of carbonyl (C=O) groups is 3. The van der Waals surface area contributed by atoms with Gasteiger partial charge in [-0.15, -0.1) is 0 Å². The lowest BCUT2D eigenvalue weighted by atomic mass is 10.0. The first-order valence-corrected chi connectivity index (χ1v) is 10.9. The molecule has 7 nitrogen and oxygen atoms in total. The molecule has 0 aliphatic carbocycles. The summed E-state index contributed by atoms with van der Waals surface area (Å²) in [4.78, 5) is 39.0. The average molecular weight is 458 g/mol. The number of ether oxygens (including phenoxy) is 1. The predicted octanol–water partition coefficient (Wildman–Crippen LogP) is 3.88. The van der Waals surface area contributed by atoms with Crippen molar-refractivity contribution < 1.29 is 19.1 Å². The van der Waals surface area contributed by atoms with Gasteiger partial charge in [0.15, 0.2) is 0 Å². The van der Waals surface area contributed by atoms with E-state index in [2.05, 4.69) is 10.6 Å². The number of hydrogen-bond donors (Lipinski definition) is 2. The first kappa shape index (κ1) is 24.3. The van der Waals surface area contributed by atoms with E-state index < -0.39 is 11.9 Å². The van der Waals surface area contributed by atoms with E-state index in [9.17, 15) is 14.4 Å². The van der Waals surface area contributed by atoms with Crippen LogP contribution in [0.2, 0.25) is 10.0 Å². The summed E-state index contributed by atoms with van der Waals surface area (Å²) in [6.45, 7) is 7.12. The molecule has 0 radical (unpaired) electrons. The molecule has 1 saturated heterocycles. The van der Waals surface area contributed by atoms with Gasteiger partial charge in [0.2, 0.25) is 5.91 Å². The second-order valence-electron chi connectivity index (χ2n) is 7.75. The summed E-state index contributed by atoms with van der Waals surface area (Å²) in [6.07, 6.45) is 1.43. The summed E-state index contributed by atoms with van der Waals surface area (Å²) >= 11 is 12.0. The fourth-order valence-corrected chi connectivity index (χ4v) is 3.83. The molecule has 0 bridgehead atoms. The van der Waals surface area contributed by atoms with E-state index in [-0.39, 0.29) is 34.5 Å². The Bertz CT molecular complexity index is 765. The third kappa shape index (κ3) is 7.06. The SMILES string of the molecule is CCOC(=O)N1CCC(NC(=O)C(CC(C)C)NC(=O)c2ccc(Cl)cc2Cl)CC1. The quantitative estimate of drug-likeness (QED) is 0.650. The zero-order chi connectivity index (χ0) is 22.3. The number of halogens is 2. The van der Waals surface area contributed by atoms with Crippen LogP contribution in [0.4, 0.5) is 4.79 Å². The fourth-order valence-electron chi connectivity index (χ4n) is 3.34. The predicted molar refractivity (Wildman–Crippen MR) is 117 cm³/mol. The van der Waals surface area contributed by atoms with Crippen molar-refractivity contribution in [2.45, 2.75) is 52.1 Å². The molecule has 0 spiro atoms. The van der Waals surface area contributed by atoms with Crippen molar-refractivity contribution >= 4 is 41.1 Å². The largest absolute Gasteiger partial charge is 0.450 e. The van der Waals surface area contributed by atoms with Crippen LogP contribution in [0.25, 0.3) is 0 Å². The number of hydrogen-bond acceptors (Lipinski definition) is 4. The van der Waals surface area contributed by atoms with Gasteiger partial charge in [0.1, 0.15) is 6.04 Å². The zero-order valence-electron chi connectivity index (χ0n) is 17.5. The number of rotatable bonds is 7. The molecule has 1 aliphatic heterocycles. The van der Waals surface area contributed by atoms with Gasteiger partial charge in [-0.25, -0.2) is 4.79 Å². The molecule has 1 aromatic rings. The van der Waals surface area contributed by atoms with Gasteiger partial charge >= 0.3 is 6.09 Å². The highest BCUT2D eigenvalue weighted by Gasteiger charge is 2.28. The molecule has 2 rings (SSSR count). The molecule has 1 aromatic carbocycles. The van der Waals surface area contributed by atoms with Crippen LogP contribution < -0.4 is 10.6 Å². The Kier molecular flexibility index (Phi) is 9.24. The highest BCUT2D eigenvalue weighted by Crippen LogP contribution is 2.21. The minimum Gasteiger partial charge on any atom is -0.450 e. The molecule has 166 valence electrons. The summed E-state index contributed by atoms with van der Waals surface area (Å²) in [5.41, 5.74) is 0.269. The molecule has 1 unspecified atom stereocenters. The van der Waals surface area contributed by atoms with Crippen molar-refractivity contribution in [1.29, 1.82) is 0 Å². The van der Waals surface area contributed by atoms with E-state index in [1.54, 1.807) is 17.9 Å². The lowest BCUT2D eigenvalue weighted by molar-refractivity contribution is -0.124. The molecule has 1 atom stereocenters. The van der Waals surface area contributed by atoms with Crippen LogP contribution in [-0.4, -0.2) is 54.6 Å². The number of nitrogens with zero attached hydrogens (tertiary/aromatic N) is 1. The van der Waals surface area contributed by atoms with E-state index in [1.165, 1.54) is 12.1 Å². The van der Waals surface area contributed by atoms with Crippen LogP contribution in [0.15, 0.2) is 18.2 Å². The fraction of sp³-hybridized carbons (Fsp3) is 0.571. The van der Waals surface area contributed by atoms with Crippen LogP contribution in [0.3, 0.4) is 0 Å². The maximum absolute atomic E-state index is 12.9. The first-order chi connectivity index (χ1) is 14.2. The van der Waals surface area contributed by atoms with Crippen LogP contribution >= 0.6 is 23.2 Å². The number of carbonyl (C=O) groups excluding carboxylic acids is 3. The minimum absolute atomic E-state index is 0.0612. The van der Waals surface area contributed by atoms with Crippen molar-refractivity contribution in [2.24, 2.45) is 5.92 Å². The molecule has 2 N–H and O–H groups in total. The van der Waals surface area contributed by atoms with Crippen molar-refractivity contribution in [1.82, 2.24) is 15.5 Å². The smallest absolute Gasteiger partial charge is 0.409 e. The third-order valence-electron chi connectivity index (χ3n) is 4.87. The van der Waals surface area contributed by atoms with Gasteiger partial charge in [0.05, 0.1) is 17.2 Å². The molecular formula is C21H29Cl2N3O4. The molecule has 1 fully saturated rings. The zero-order valence-corrected chi connectivity index (χ0v) is 19.1. The van der Waals surface area contributed by atoms with E-state index in [0.717, 1.165) is 0 Å². The average Bonchev–Trinajstić information content (AvgIpc) is 2.67. The van der Waals surface area contributed by atoms with Gasteiger partial charge in [-0.2, -0.15) is 0 Å². The van der Waals surface area contributed by atoms with Crippen molar-refractivity contribution in [2.75, 3.05) is 19.7 Å². The highest BCUT2D eigenvalue weighted by atomic mass is 35.5. The van der Waals surface area contributed by atoms with Crippen LogP contribution in [0.1, 0.15) is 50.4 Å². The maximum Gasteiger partial charge on any atom is 0.409 e. The second kappa shape index (κ2) is 11.4. The third-order valence-corrected chi connectivity index (χ3v) is 5.42. The number of benzene rings is 1. The Hall–Kier alpha value is -1.99. The van der Waals surface area contributed by atoms with Gasteiger partial charge in [-0.3, -0.25) is 9.59 Å². The molecule has 30 heavy (non-hydrogen) atoms. The summed E-state index contributed by atoms with van der Waals surface area (Å²) in [6, 6.07) is 3.86. The second-order valence-corrected chi connectivity index (χ2v) is 8.59. The van der Waals surface area contributed by atoms with Crippen molar-refractivity contribution in [3.05, 3.63) is 33.8 Å². The molecular weight excluding hydrogens is 429 g/mol. The van der Waals surface area contributed by atoms with Gasteiger partial charge in [-0.1, -0.05) is 37.0 Å². The monoisotopic (exact) mass is 457 g/mol. The van der Waals surface area contributed by atoms with Crippen LogP contribution in [0.5, 0.6) is 0 Å². The van der Waals surface area contributed by atoms with Gasteiger partial charge in [0.25, 0.3) is 5.91 Å². The number of likely N-dealkylation sites (tertiary alicyclic amines) is 1. The molecule has 0 aromatic heterocycles. The van der Waals surface area contributed by atoms with E-state index in [1.807, 2.05) is 13.8 Å². The van der Waals surface area contributed by atoms with E-state index >= 15 is 0 Å². The highest BCUT2D eigenvalue weighted by molar-refractivity contribution is 6.36. The van der Waals surface area contributed by atoms with Gasteiger partial charge < -0.3 is 20.3 Å². The van der Waals surface area contributed by atoms with Crippen LogP contribution in [0, 0.1) is 5.92 Å². The van der Waals surface area contributed by atoms with E-state index in [4.69, 9.17) is 27.9 Å². The molecule has 1 aliphatic rings. The van der Waals surface area contributed by atoms with Crippen LogP contribution in [-0.2, 0) is 9.53 Å². The topological polar surface area (TPSA) is 87.7 Å². The summed E-state index contributed by atoms with van der Waals surface area (Å²) in [5, 5.41) is 6.47. The lowest BCUT2D eigenvalue weighted by Gasteiger charge is -2.32. The summed E-state index contributed by atoms with van der Waals surface area (Å²) < 4.78 is 5.02. The minimum atomic E-state index is -0.688. The molecule has 3 amide bonds. The lowest BCUT2D eigenvalue weighted by Crippen LogP contribution is -2.53. The number of nitrogens with one attached hydrogen (secondary N) is 2. The van der Waals surface area contributed by atoms with E-state index in [0.29, 0.717) is 44.0 Å². The molecule has 9 heteroatoms. The summed E-state index contributed by atoms with van der Waals surface area (Å²) in [7, 11) is 0. The Morgan fingerprint density at radius 2 is 1.87 bits per heavy atom. The number of piperidine rings is 1. The Balaban J connectivity index is 1.97. The van der Waals surface area contributed by atoms with Crippen molar-refractivity contribution in [3.8, 4) is 0 Å². The summed E-state index contributed by atoms with van der Waals surface area (Å²) in [5.74, 6) is -0.460. The van der Waals surface area contributed by atoms with Gasteiger partial charge in [0, 0.05) is 24.2 Å². The Morgan fingerprint density at radius 3 is 2.43 bits per heavy atom. The molecule has 0 saturated carbocycles. The normalized spacial score (nSPS) is 15.6. The Morgan fingerprint density at radius 1 is 1.20 bits per heavy atom. The van der Waals surface area contributed by atoms with Gasteiger partial charge in [-0.05, 0) is 50.3 Å². The van der Waals surface area contributed by atoms with Crippen molar-refractivity contribution in [3.63, 3.8) is 0 Å². The maximum atomic E-state index is 12.9. The standard InChI is InChI=1S/C21H29Cl2N3O4/c1-4-30-21(29)26-9-7-15(8-10-26)24-20(28)18(11-13(2)3)25-19(27)16-6-5-14(22)12-17(16)23/h5-6,12-13,15,18H,4,7-11H2,1-3H3,(H,24,28)(H,25,27). The number of amides is 3. The first-order valence-electron chi connectivity index (χ1n) is 10.2. The molecule has 1 heterocycles.